The van der Waals surface area contributed by atoms with Gasteiger partial charge in [0.1, 0.15) is 5.82 Å². The lowest BCUT2D eigenvalue weighted by Gasteiger charge is -2.44. The Bertz CT molecular complexity index is 412. The Morgan fingerprint density at radius 3 is 2.44 bits per heavy atom. The molecule has 100 valence electrons. The van der Waals surface area contributed by atoms with Gasteiger partial charge in [-0.25, -0.2) is 4.39 Å². The van der Waals surface area contributed by atoms with Crippen LogP contribution in [-0.2, 0) is 6.61 Å². The summed E-state index contributed by atoms with van der Waals surface area (Å²) in [6.07, 6.45) is 0. The summed E-state index contributed by atoms with van der Waals surface area (Å²) in [4.78, 5) is 4.35. The minimum atomic E-state index is -0.245. The summed E-state index contributed by atoms with van der Waals surface area (Å²) >= 11 is 0. The first-order valence-electron chi connectivity index (χ1n) is 6.39. The zero-order valence-electron chi connectivity index (χ0n) is 11.2. The van der Waals surface area contributed by atoms with Crippen molar-refractivity contribution in [3.63, 3.8) is 0 Å². The van der Waals surface area contributed by atoms with E-state index in [0.717, 1.165) is 13.1 Å². The number of para-hydroxylation sites is 1. The first-order chi connectivity index (χ1) is 8.54. The number of likely N-dealkylation sites (N-methyl/N-ethyl adjacent to an activating group) is 1. The molecule has 0 amide bonds. The van der Waals surface area contributed by atoms with Crippen LogP contribution in [-0.4, -0.2) is 42.2 Å². The van der Waals surface area contributed by atoms with Crippen molar-refractivity contribution in [2.45, 2.75) is 32.5 Å². The standard InChI is InChI=1S/C14H21FN2O/c1-10-7-17(8-11(2)16(10)3)14-12(9-18)5-4-6-13(14)15/h4-6,10-11,18H,7-9H2,1-3H3. The highest BCUT2D eigenvalue weighted by Gasteiger charge is 2.28. The molecular formula is C14H21FN2O. The maximum Gasteiger partial charge on any atom is 0.146 e. The second-order valence-electron chi connectivity index (χ2n) is 5.17. The van der Waals surface area contributed by atoms with E-state index in [4.69, 9.17) is 0 Å². The number of aliphatic hydroxyl groups excluding tert-OH is 1. The Hall–Kier alpha value is -1.13. The average Bonchev–Trinajstić information content (AvgIpc) is 2.35. The van der Waals surface area contributed by atoms with E-state index in [0.29, 0.717) is 23.3 Å². The lowest BCUT2D eigenvalue weighted by Crippen LogP contribution is -2.55. The molecule has 1 aliphatic heterocycles. The number of hydrogen-bond acceptors (Lipinski definition) is 3. The predicted molar refractivity (Wildman–Crippen MR) is 71.2 cm³/mol. The molecule has 2 unspecified atom stereocenters. The van der Waals surface area contributed by atoms with E-state index in [9.17, 15) is 9.50 Å². The van der Waals surface area contributed by atoms with Gasteiger partial charge in [-0.2, -0.15) is 0 Å². The number of nitrogens with zero attached hydrogens (tertiary/aromatic N) is 2. The summed E-state index contributed by atoms with van der Waals surface area (Å²) in [5, 5.41) is 9.35. The smallest absolute Gasteiger partial charge is 0.146 e. The first-order valence-corrected chi connectivity index (χ1v) is 6.39. The van der Waals surface area contributed by atoms with Gasteiger partial charge >= 0.3 is 0 Å². The van der Waals surface area contributed by atoms with Crippen LogP contribution >= 0.6 is 0 Å². The van der Waals surface area contributed by atoms with E-state index in [-0.39, 0.29) is 12.4 Å². The van der Waals surface area contributed by atoms with Crippen LogP contribution in [0, 0.1) is 5.82 Å². The SMILES string of the molecule is CC1CN(c2c(F)cccc2CO)CC(C)N1C. The molecule has 18 heavy (non-hydrogen) atoms. The Labute approximate surface area is 108 Å². The summed E-state index contributed by atoms with van der Waals surface area (Å²) in [6.45, 7) is 5.73. The van der Waals surface area contributed by atoms with Crippen molar-refractivity contribution in [1.82, 2.24) is 4.90 Å². The van der Waals surface area contributed by atoms with E-state index in [1.807, 2.05) is 0 Å². The number of piperazine rings is 1. The predicted octanol–water partition coefficient (Wildman–Crippen LogP) is 1.85. The lowest BCUT2D eigenvalue weighted by molar-refractivity contribution is 0.169. The highest BCUT2D eigenvalue weighted by Crippen LogP contribution is 2.28. The van der Waals surface area contributed by atoms with Crippen molar-refractivity contribution in [3.05, 3.63) is 29.6 Å². The number of hydrogen-bond donors (Lipinski definition) is 1. The fourth-order valence-corrected chi connectivity index (χ4v) is 2.63. The van der Waals surface area contributed by atoms with Gasteiger partial charge in [-0.3, -0.25) is 4.90 Å². The van der Waals surface area contributed by atoms with Gasteiger partial charge in [0.2, 0.25) is 0 Å². The molecule has 1 fully saturated rings. The fourth-order valence-electron chi connectivity index (χ4n) is 2.63. The molecule has 2 rings (SSSR count). The zero-order chi connectivity index (χ0) is 13.3. The maximum atomic E-state index is 14.0. The molecule has 0 aromatic heterocycles. The van der Waals surface area contributed by atoms with Crippen LogP contribution in [0.1, 0.15) is 19.4 Å². The molecule has 1 saturated heterocycles. The molecule has 4 heteroatoms. The normalized spacial score (nSPS) is 25.5. The second-order valence-corrected chi connectivity index (χ2v) is 5.17. The van der Waals surface area contributed by atoms with Crippen LogP contribution in [0.5, 0.6) is 0 Å². The van der Waals surface area contributed by atoms with Crippen LogP contribution in [0.2, 0.25) is 0 Å². The molecule has 1 aliphatic rings. The third kappa shape index (κ3) is 2.35. The molecule has 0 aliphatic carbocycles. The Morgan fingerprint density at radius 2 is 1.89 bits per heavy atom. The molecule has 3 nitrogen and oxygen atoms in total. The van der Waals surface area contributed by atoms with Crippen molar-refractivity contribution in [2.75, 3.05) is 25.0 Å². The van der Waals surface area contributed by atoms with Gasteiger partial charge in [-0.15, -0.1) is 0 Å². The first kappa shape index (κ1) is 13.3. The van der Waals surface area contributed by atoms with Gasteiger partial charge in [0, 0.05) is 30.7 Å². The molecule has 0 spiro atoms. The highest BCUT2D eigenvalue weighted by molar-refractivity contribution is 5.55. The monoisotopic (exact) mass is 252 g/mol. The van der Waals surface area contributed by atoms with Crippen molar-refractivity contribution in [2.24, 2.45) is 0 Å². The van der Waals surface area contributed by atoms with Gasteiger partial charge < -0.3 is 10.0 Å². The fraction of sp³-hybridized carbons (Fsp3) is 0.571. The molecule has 2 atom stereocenters. The van der Waals surface area contributed by atoms with Crippen molar-refractivity contribution in [3.8, 4) is 0 Å². The number of anilines is 1. The Morgan fingerprint density at radius 1 is 1.28 bits per heavy atom. The Kier molecular flexibility index (Phi) is 3.88. The number of rotatable bonds is 2. The molecule has 0 bridgehead atoms. The van der Waals surface area contributed by atoms with E-state index < -0.39 is 0 Å². The van der Waals surface area contributed by atoms with Gasteiger partial charge in [-0.1, -0.05) is 12.1 Å². The number of aliphatic hydroxyl groups is 1. The van der Waals surface area contributed by atoms with Gasteiger partial charge in [0.25, 0.3) is 0 Å². The molecule has 1 aromatic rings. The second kappa shape index (κ2) is 5.24. The van der Waals surface area contributed by atoms with Gasteiger partial charge in [-0.05, 0) is 27.0 Å². The molecular weight excluding hydrogens is 231 g/mol. The summed E-state index contributed by atoms with van der Waals surface area (Å²) in [6, 6.07) is 5.64. The van der Waals surface area contributed by atoms with Crippen LogP contribution in [0.4, 0.5) is 10.1 Å². The highest BCUT2D eigenvalue weighted by atomic mass is 19.1. The van der Waals surface area contributed by atoms with Crippen LogP contribution < -0.4 is 4.90 Å². The Balaban J connectivity index is 2.32. The van der Waals surface area contributed by atoms with Crippen LogP contribution in [0.3, 0.4) is 0 Å². The largest absolute Gasteiger partial charge is 0.392 e. The van der Waals surface area contributed by atoms with Crippen molar-refractivity contribution in [1.29, 1.82) is 0 Å². The van der Waals surface area contributed by atoms with Gasteiger partial charge in [0.15, 0.2) is 0 Å². The molecule has 0 saturated carbocycles. The summed E-state index contributed by atoms with van der Waals surface area (Å²) < 4.78 is 14.0. The minimum absolute atomic E-state index is 0.123. The summed E-state index contributed by atoms with van der Waals surface area (Å²) in [5.41, 5.74) is 1.23. The molecule has 1 aromatic carbocycles. The number of halogens is 1. The van der Waals surface area contributed by atoms with E-state index >= 15 is 0 Å². The minimum Gasteiger partial charge on any atom is -0.392 e. The summed E-state index contributed by atoms with van der Waals surface area (Å²) in [7, 11) is 2.10. The molecule has 1 heterocycles. The quantitative estimate of drug-likeness (QED) is 0.870. The van der Waals surface area contributed by atoms with Crippen molar-refractivity contribution >= 4 is 5.69 Å². The van der Waals surface area contributed by atoms with Crippen molar-refractivity contribution < 1.29 is 9.50 Å². The zero-order valence-corrected chi connectivity index (χ0v) is 11.2. The van der Waals surface area contributed by atoms with Crippen LogP contribution in [0.25, 0.3) is 0 Å². The van der Waals surface area contributed by atoms with E-state index in [2.05, 4.69) is 30.7 Å². The molecule has 0 radical (unpaired) electrons. The maximum absolute atomic E-state index is 14.0. The summed E-state index contributed by atoms with van der Waals surface area (Å²) in [5.74, 6) is -0.245. The van der Waals surface area contributed by atoms with E-state index in [1.165, 1.54) is 6.07 Å². The topological polar surface area (TPSA) is 26.7 Å². The number of benzene rings is 1. The third-order valence-corrected chi connectivity index (χ3v) is 3.92. The van der Waals surface area contributed by atoms with E-state index in [1.54, 1.807) is 12.1 Å². The van der Waals surface area contributed by atoms with Crippen LogP contribution in [0.15, 0.2) is 18.2 Å². The lowest BCUT2D eigenvalue weighted by atomic mass is 10.1. The third-order valence-electron chi connectivity index (χ3n) is 3.92. The molecule has 1 N–H and O–H groups in total. The average molecular weight is 252 g/mol. The van der Waals surface area contributed by atoms with Gasteiger partial charge in [0.05, 0.1) is 12.3 Å².